The van der Waals surface area contributed by atoms with Crippen molar-refractivity contribution in [1.29, 1.82) is 0 Å². The molecular weight excluding hydrogens is 353 g/mol. The molecule has 4 fully saturated rings. The molecule has 2 bridgehead atoms. The van der Waals surface area contributed by atoms with Gasteiger partial charge >= 0.3 is 13.1 Å². The average molecular weight is 385 g/mol. The lowest BCUT2D eigenvalue weighted by Crippen LogP contribution is -2.74. The smallest absolute Gasteiger partial charge is 0.462 e. The van der Waals surface area contributed by atoms with Gasteiger partial charge in [-0.05, 0) is 90.3 Å². The molecule has 5 rings (SSSR count). The van der Waals surface area contributed by atoms with Gasteiger partial charge in [-0.1, -0.05) is 0 Å². The zero-order valence-electron chi connectivity index (χ0n) is 18.0. The van der Waals surface area contributed by atoms with Crippen molar-refractivity contribution in [2.24, 2.45) is 10.8 Å². The van der Waals surface area contributed by atoms with Crippen LogP contribution in [0.15, 0.2) is 24.5 Å². The predicted molar refractivity (Wildman–Crippen MR) is 108 cm³/mol. The summed E-state index contributed by atoms with van der Waals surface area (Å²) in [5.41, 5.74) is 0.153. The standard InChI is InChI=1S/C22H32BNO4/c1-15(2)26-18(25)22-13-21(14-22,10-7-16-8-11-24-12-9-16)17(22)23-27-19(3,4)20(5,6)28-23/h8-9,11-12,15,17H,7,10,13-14H2,1-6H3. The molecule has 1 aliphatic heterocycles. The van der Waals surface area contributed by atoms with Crippen molar-refractivity contribution in [3.63, 3.8) is 0 Å². The normalized spacial score (nSPS) is 34.7. The van der Waals surface area contributed by atoms with Gasteiger partial charge in [-0.2, -0.15) is 0 Å². The van der Waals surface area contributed by atoms with Gasteiger partial charge in [0.25, 0.3) is 0 Å². The fourth-order valence-corrected chi connectivity index (χ4v) is 5.42. The summed E-state index contributed by atoms with van der Waals surface area (Å²) in [5, 5.41) is 0. The second-order valence-electron chi connectivity index (χ2n) is 10.3. The molecule has 1 aromatic heterocycles. The van der Waals surface area contributed by atoms with Gasteiger partial charge in [0.1, 0.15) is 0 Å². The lowest BCUT2D eigenvalue weighted by Gasteiger charge is -2.75. The molecule has 152 valence electrons. The van der Waals surface area contributed by atoms with Gasteiger partial charge in [-0.3, -0.25) is 9.78 Å². The van der Waals surface area contributed by atoms with E-state index in [2.05, 4.69) is 44.8 Å². The Balaban J connectivity index is 1.55. The van der Waals surface area contributed by atoms with Crippen molar-refractivity contribution in [3.05, 3.63) is 30.1 Å². The SMILES string of the molecule is CC(C)OC(=O)C12CC(CCc3ccncc3)(C1)C2B1OC(C)(C)C(C)(C)O1. The Morgan fingerprint density at radius 2 is 1.75 bits per heavy atom. The molecule has 1 aromatic rings. The zero-order valence-corrected chi connectivity index (χ0v) is 18.0. The molecule has 1 unspecified atom stereocenters. The Morgan fingerprint density at radius 3 is 2.29 bits per heavy atom. The molecule has 1 atom stereocenters. The zero-order chi connectivity index (χ0) is 20.4. The first-order chi connectivity index (χ1) is 13.0. The van der Waals surface area contributed by atoms with Crippen LogP contribution >= 0.6 is 0 Å². The number of esters is 1. The second kappa shape index (κ2) is 6.30. The maximum Gasteiger partial charge on any atom is 0.462 e. The van der Waals surface area contributed by atoms with Crippen LogP contribution in [0.25, 0.3) is 0 Å². The predicted octanol–water partition coefficient (Wildman–Crippen LogP) is 4.21. The molecule has 0 N–H and O–H groups in total. The highest BCUT2D eigenvalue weighted by molar-refractivity contribution is 6.49. The summed E-state index contributed by atoms with van der Waals surface area (Å²) in [4.78, 5) is 17.1. The maximum absolute atomic E-state index is 13.0. The molecule has 28 heavy (non-hydrogen) atoms. The van der Waals surface area contributed by atoms with Gasteiger partial charge in [0.2, 0.25) is 0 Å². The first kappa shape index (κ1) is 19.9. The van der Waals surface area contributed by atoms with Crippen molar-refractivity contribution in [2.75, 3.05) is 0 Å². The first-order valence-electron chi connectivity index (χ1n) is 10.5. The van der Waals surface area contributed by atoms with Crippen LogP contribution in [0.5, 0.6) is 0 Å². The van der Waals surface area contributed by atoms with Gasteiger partial charge in [0.15, 0.2) is 0 Å². The Bertz CT molecular complexity index is 739. The number of carbonyl (C=O) groups is 1. The third-order valence-corrected chi connectivity index (χ3v) is 7.54. The van der Waals surface area contributed by atoms with Crippen molar-refractivity contribution in [2.45, 2.75) is 90.3 Å². The molecule has 5 nitrogen and oxygen atoms in total. The molecule has 1 saturated heterocycles. The number of aromatic nitrogens is 1. The van der Waals surface area contributed by atoms with Crippen LogP contribution in [0.1, 0.15) is 66.4 Å². The third kappa shape index (κ3) is 2.83. The van der Waals surface area contributed by atoms with E-state index < -0.39 is 16.6 Å². The summed E-state index contributed by atoms with van der Waals surface area (Å²) in [6, 6.07) is 4.14. The number of hydrogen-bond donors (Lipinski definition) is 0. The van der Waals surface area contributed by atoms with E-state index in [9.17, 15) is 4.79 Å². The van der Waals surface area contributed by atoms with E-state index in [1.165, 1.54) is 5.56 Å². The summed E-state index contributed by atoms with van der Waals surface area (Å²) < 4.78 is 18.4. The van der Waals surface area contributed by atoms with Crippen LogP contribution in [0.3, 0.4) is 0 Å². The number of carbonyl (C=O) groups excluding carboxylic acids is 1. The molecule has 0 radical (unpaired) electrons. The highest BCUT2D eigenvalue weighted by atomic mass is 16.7. The minimum absolute atomic E-state index is 0.0640. The molecule has 3 saturated carbocycles. The quantitative estimate of drug-likeness (QED) is 0.542. The van der Waals surface area contributed by atoms with Crippen molar-refractivity contribution < 1.29 is 18.8 Å². The first-order valence-corrected chi connectivity index (χ1v) is 10.5. The number of aryl methyl sites for hydroxylation is 1. The molecule has 0 spiro atoms. The summed E-state index contributed by atoms with van der Waals surface area (Å²) in [6.45, 7) is 12.1. The third-order valence-electron chi connectivity index (χ3n) is 7.54. The number of hydrogen-bond acceptors (Lipinski definition) is 5. The van der Waals surface area contributed by atoms with Crippen LogP contribution in [0.2, 0.25) is 5.82 Å². The van der Waals surface area contributed by atoms with Crippen molar-refractivity contribution in [3.8, 4) is 0 Å². The van der Waals surface area contributed by atoms with Crippen LogP contribution in [0.4, 0.5) is 0 Å². The Hall–Kier alpha value is -1.40. The number of rotatable bonds is 6. The summed E-state index contributed by atoms with van der Waals surface area (Å²) in [5.74, 6) is -0.0119. The van der Waals surface area contributed by atoms with E-state index in [0.717, 1.165) is 25.7 Å². The molecule has 3 aliphatic carbocycles. The fourth-order valence-electron chi connectivity index (χ4n) is 5.42. The molecule has 6 heteroatoms. The van der Waals surface area contributed by atoms with E-state index in [0.29, 0.717) is 0 Å². The van der Waals surface area contributed by atoms with Gasteiger partial charge in [0, 0.05) is 18.2 Å². The van der Waals surface area contributed by atoms with Gasteiger partial charge < -0.3 is 14.0 Å². The molecule has 2 heterocycles. The van der Waals surface area contributed by atoms with Gasteiger partial charge in [-0.25, -0.2) is 0 Å². The van der Waals surface area contributed by atoms with Crippen LogP contribution in [0, 0.1) is 10.8 Å². The Morgan fingerprint density at radius 1 is 1.18 bits per heavy atom. The minimum Gasteiger partial charge on any atom is -0.463 e. The van der Waals surface area contributed by atoms with Gasteiger partial charge in [0.05, 0.1) is 22.7 Å². The number of pyridine rings is 1. The van der Waals surface area contributed by atoms with E-state index in [1.54, 1.807) is 0 Å². The highest BCUT2D eigenvalue weighted by Crippen LogP contribution is 2.84. The summed E-state index contributed by atoms with van der Waals surface area (Å²) in [7, 11) is -0.357. The lowest BCUT2D eigenvalue weighted by molar-refractivity contribution is -0.237. The lowest BCUT2D eigenvalue weighted by atomic mass is 9.20. The largest absolute Gasteiger partial charge is 0.463 e. The van der Waals surface area contributed by atoms with Crippen LogP contribution in [-0.2, 0) is 25.3 Å². The molecule has 0 amide bonds. The average Bonchev–Trinajstić information content (AvgIpc) is 2.72. The number of ether oxygens (including phenoxy) is 1. The van der Waals surface area contributed by atoms with Crippen molar-refractivity contribution >= 4 is 13.1 Å². The molecule has 4 aliphatic rings. The summed E-state index contributed by atoms with van der Waals surface area (Å²) in [6.07, 6.45) is 7.34. The number of nitrogens with zero attached hydrogens (tertiary/aromatic N) is 1. The second-order valence-corrected chi connectivity index (χ2v) is 10.3. The topological polar surface area (TPSA) is 57.7 Å². The van der Waals surface area contributed by atoms with E-state index in [4.69, 9.17) is 14.0 Å². The Labute approximate surface area is 168 Å². The van der Waals surface area contributed by atoms with E-state index in [-0.39, 0.29) is 30.4 Å². The van der Waals surface area contributed by atoms with Crippen LogP contribution < -0.4 is 0 Å². The van der Waals surface area contributed by atoms with Crippen LogP contribution in [-0.4, -0.2) is 35.4 Å². The molecule has 0 aromatic carbocycles. The summed E-state index contributed by atoms with van der Waals surface area (Å²) >= 11 is 0. The highest BCUT2D eigenvalue weighted by Gasteiger charge is 2.83. The van der Waals surface area contributed by atoms with Crippen molar-refractivity contribution in [1.82, 2.24) is 4.98 Å². The minimum atomic E-state index is -0.441. The molecular formula is C22H32BNO4. The van der Waals surface area contributed by atoms with E-state index >= 15 is 0 Å². The monoisotopic (exact) mass is 385 g/mol. The fraction of sp³-hybridized carbons (Fsp3) is 0.727. The Kier molecular flexibility index (Phi) is 4.48. The maximum atomic E-state index is 13.0. The van der Waals surface area contributed by atoms with E-state index in [1.807, 2.05) is 26.2 Å². The van der Waals surface area contributed by atoms with Gasteiger partial charge in [-0.15, -0.1) is 0 Å².